The molecule has 1 aromatic heterocycles. The first-order valence-corrected chi connectivity index (χ1v) is 10.6. The van der Waals surface area contributed by atoms with E-state index in [1.165, 1.54) is 6.20 Å². The zero-order valence-electron chi connectivity index (χ0n) is 15.1. The monoisotopic (exact) mass is 481 g/mol. The van der Waals surface area contributed by atoms with Gasteiger partial charge in [0, 0.05) is 37.2 Å². The van der Waals surface area contributed by atoms with E-state index in [-0.39, 0.29) is 29.2 Å². The van der Waals surface area contributed by atoms with Crippen molar-refractivity contribution in [2.24, 2.45) is 5.92 Å². The molecule has 1 aliphatic heterocycles. The number of pyridine rings is 1. The molecule has 0 N–H and O–H groups in total. The van der Waals surface area contributed by atoms with Gasteiger partial charge in [-0.15, -0.1) is 0 Å². The second kappa shape index (κ2) is 9.13. The Bertz CT molecular complexity index is 901. The third kappa shape index (κ3) is 4.60. The van der Waals surface area contributed by atoms with Gasteiger partial charge in [-0.3, -0.25) is 4.79 Å². The third-order valence-corrected chi connectivity index (χ3v) is 6.20. The predicted molar refractivity (Wildman–Crippen MR) is 112 cm³/mol. The fourth-order valence-electron chi connectivity index (χ4n) is 3.48. The molecule has 0 bridgehead atoms. The van der Waals surface area contributed by atoms with Crippen molar-refractivity contribution in [3.63, 3.8) is 0 Å². The molecule has 0 saturated carbocycles. The predicted octanol–water partition coefficient (Wildman–Crippen LogP) is 4.66. The van der Waals surface area contributed by atoms with Crippen molar-refractivity contribution in [1.29, 1.82) is 5.26 Å². The number of hydrogen-bond acceptors (Lipinski definition) is 4. The van der Waals surface area contributed by atoms with Crippen LogP contribution in [0.2, 0.25) is 10.0 Å². The van der Waals surface area contributed by atoms with E-state index in [0.717, 1.165) is 5.56 Å². The number of likely N-dealkylation sites (tertiary alicyclic amines) is 1. The highest BCUT2D eigenvalue weighted by Gasteiger charge is 2.40. The van der Waals surface area contributed by atoms with Crippen LogP contribution >= 0.6 is 39.1 Å². The molecule has 5 nitrogen and oxygen atoms in total. The number of ether oxygens (including phenoxy) is 1. The van der Waals surface area contributed by atoms with Crippen LogP contribution in [0.4, 0.5) is 0 Å². The van der Waals surface area contributed by atoms with E-state index in [9.17, 15) is 4.79 Å². The van der Waals surface area contributed by atoms with E-state index in [0.29, 0.717) is 34.6 Å². The molecule has 2 heterocycles. The summed E-state index contributed by atoms with van der Waals surface area (Å²) in [7, 11) is 0. The summed E-state index contributed by atoms with van der Waals surface area (Å²) in [5, 5.41) is 10.2. The van der Waals surface area contributed by atoms with Crippen LogP contribution in [0.25, 0.3) is 0 Å². The summed E-state index contributed by atoms with van der Waals surface area (Å²) < 4.78 is 6.04. The Labute approximate surface area is 182 Å². The Morgan fingerprint density at radius 2 is 2.14 bits per heavy atom. The largest absolute Gasteiger partial charge is 0.474 e. The number of amides is 1. The number of carbonyl (C=O) groups is 1. The highest BCUT2D eigenvalue weighted by molar-refractivity contribution is 9.09. The van der Waals surface area contributed by atoms with E-state index in [1.54, 1.807) is 18.2 Å². The first-order valence-electron chi connectivity index (χ1n) is 8.74. The molecule has 0 unspecified atom stereocenters. The van der Waals surface area contributed by atoms with Gasteiger partial charge < -0.3 is 9.64 Å². The van der Waals surface area contributed by atoms with Crippen LogP contribution in [-0.4, -0.2) is 40.3 Å². The van der Waals surface area contributed by atoms with Crippen LogP contribution in [0.15, 0.2) is 36.5 Å². The lowest BCUT2D eigenvalue weighted by atomic mass is 9.86. The standard InChI is InChI=1S/C20H18BrCl2N3O2/c1-12(28-19-5-2-13(8-24)9-25-19)15-10-26(20(27)7-21)11-16(15)14-3-4-17(22)18(23)6-14/h2-6,9,12,15-16H,7,10-11H2,1H3/t12-,15+,16+/m0/s1. The molecule has 0 radical (unpaired) electrons. The number of carbonyl (C=O) groups excluding carboxylic acids is 1. The van der Waals surface area contributed by atoms with E-state index in [1.807, 2.05) is 30.0 Å². The van der Waals surface area contributed by atoms with Gasteiger partial charge in [-0.05, 0) is 30.7 Å². The van der Waals surface area contributed by atoms with Crippen LogP contribution in [0, 0.1) is 17.2 Å². The Kier molecular flexibility index (Phi) is 6.82. The minimum absolute atomic E-state index is 0.0382. The van der Waals surface area contributed by atoms with Gasteiger partial charge in [-0.1, -0.05) is 45.2 Å². The van der Waals surface area contributed by atoms with E-state index < -0.39 is 0 Å². The van der Waals surface area contributed by atoms with Gasteiger partial charge in [-0.2, -0.15) is 5.26 Å². The van der Waals surface area contributed by atoms with Crippen LogP contribution in [0.1, 0.15) is 24.0 Å². The number of nitrogens with zero attached hydrogens (tertiary/aromatic N) is 3. The van der Waals surface area contributed by atoms with Gasteiger partial charge >= 0.3 is 0 Å². The second-order valence-electron chi connectivity index (χ2n) is 6.70. The smallest absolute Gasteiger partial charge is 0.233 e. The maximum Gasteiger partial charge on any atom is 0.233 e. The Morgan fingerprint density at radius 1 is 1.36 bits per heavy atom. The lowest BCUT2D eigenvalue weighted by molar-refractivity contribution is -0.127. The Balaban J connectivity index is 1.84. The summed E-state index contributed by atoms with van der Waals surface area (Å²) in [4.78, 5) is 18.3. The summed E-state index contributed by atoms with van der Waals surface area (Å²) in [5.74, 6) is 0.602. The van der Waals surface area contributed by atoms with Gasteiger partial charge in [0.15, 0.2) is 0 Å². The molecular weight excluding hydrogens is 465 g/mol. The number of benzene rings is 1. The van der Waals surface area contributed by atoms with Crippen LogP contribution < -0.4 is 4.74 Å². The number of alkyl halides is 1. The molecule has 28 heavy (non-hydrogen) atoms. The normalized spacial score (nSPS) is 19.9. The fourth-order valence-corrected chi connectivity index (χ4v) is 4.14. The minimum Gasteiger partial charge on any atom is -0.474 e. The molecule has 0 aliphatic carbocycles. The van der Waals surface area contributed by atoms with E-state index >= 15 is 0 Å². The zero-order chi connectivity index (χ0) is 20.3. The van der Waals surface area contributed by atoms with Crippen molar-refractivity contribution in [2.45, 2.75) is 18.9 Å². The number of hydrogen-bond donors (Lipinski definition) is 0. The average molecular weight is 483 g/mol. The molecule has 3 rings (SSSR count). The SMILES string of the molecule is C[C@H](Oc1ccc(C#N)cn1)[C@H]1CN(C(=O)CBr)C[C@@H]1c1ccc(Cl)c(Cl)c1. The van der Waals surface area contributed by atoms with Gasteiger partial charge in [0.2, 0.25) is 11.8 Å². The van der Waals surface area contributed by atoms with Gasteiger partial charge in [0.25, 0.3) is 0 Å². The molecule has 8 heteroatoms. The van der Waals surface area contributed by atoms with Crippen molar-refractivity contribution in [3.8, 4) is 11.9 Å². The third-order valence-electron chi connectivity index (χ3n) is 4.98. The first-order chi connectivity index (χ1) is 13.4. The Hall–Kier alpha value is -1.81. The minimum atomic E-state index is -0.201. The van der Waals surface area contributed by atoms with Crippen molar-refractivity contribution in [2.75, 3.05) is 18.4 Å². The van der Waals surface area contributed by atoms with Crippen molar-refractivity contribution < 1.29 is 9.53 Å². The molecular formula is C20H18BrCl2N3O2. The molecule has 1 saturated heterocycles. The molecule has 146 valence electrons. The topological polar surface area (TPSA) is 66.2 Å². The van der Waals surface area contributed by atoms with E-state index in [2.05, 4.69) is 20.9 Å². The van der Waals surface area contributed by atoms with E-state index in [4.69, 9.17) is 33.2 Å². The van der Waals surface area contributed by atoms with Crippen LogP contribution in [0.3, 0.4) is 0 Å². The highest BCUT2D eigenvalue weighted by atomic mass is 79.9. The van der Waals surface area contributed by atoms with Crippen molar-refractivity contribution in [3.05, 3.63) is 57.7 Å². The molecule has 0 spiro atoms. The average Bonchev–Trinajstić information content (AvgIpc) is 3.15. The molecule has 1 fully saturated rings. The molecule has 2 aromatic rings. The lowest BCUT2D eigenvalue weighted by Gasteiger charge is -2.25. The maximum atomic E-state index is 12.3. The fraction of sp³-hybridized carbons (Fsp3) is 0.350. The summed E-state index contributed by atoms with van der Waals surface area (Å²) in [5.41, 5.74) is 1.50. The van der Waals surface area contributed by atoms with Gasteiger partial charge in [-0.25, -0.2) is 4.98 Å². The lowest BCUT2D eigenvalue weighted by Crippen LogP contribution is -2.32. The van der Waals surface area contributed by atoms with Crippen LogP contribution in [0.5, 0.6) is 5.88 Å². The number of rotatable bonds is 5. The van der Waals surface area contributed by atoms with Crippen molar-refractivity contribution >= 4 is 45.0 Å². The molecule has 3 atom stereocenters. The zero-order valence-corrected chi connectivity index (χ0v) is 18.2. The molecule has 1 amide bonds. The van der Waals surface area contributed by atoms with Gasteiger partial charge in [0.05, 0.1) is 20.9 Å². The Morgan fingerprint density at radius 3 is 2.75 bits per heavy atom. The van der Waals surface area contributed by atoms with Gasteiger partial charge in [0.1, 0.15) is 12.2 Å². The first kappa shape index (κ1) is 20.9. The van der Waals surface area contributed by atoms with Crippen molar-refractivity contribution in [1.82, 2.24) is 9.88 Å². The summed E-state index contributed by atoms with van der Waals surface area (Å²) in [6.07, 6.45) is 1.28. The quantitative estimate of drug-likeness (QED) is 0.581. The highest BCUT2D eigenvalue weighted by Crippen LogP contribution is 2.38. The number of aromatic nitrogens is 1. The summed E-state index contributed by atoms with van der Waals surface area (Å²) >= 11 is 15.5. The number of nitriles is 1. The molecule has 1 aliphatic rings. The summed E-state index contributed by atoms with van der Waals surface area (Å²) in [6, 6.07) is 11.0. The molecule has 1 aromatic carbocycles. The summed E-state index contributed by atoms with van der Waals surface area (Å²) in [6.45, 7) is 3.13. The van der Waals surface area contributed by atoms with Crippen LogP contribution in [-0.2, 0) is 4.79 Å². The second-order valence-corrected chi connectivity index (χ2v) is 8.07. The maximum absolute atomic E-state index is 12.3. The number of halogens is 3.